The molecule has 0 aliphatic heterocycles. The monoisotopic (exact) mass is 332 g/mol. The Hall–Kier alpha value is -1.72. The van der Waals surface area contributed by atoms with Crippen molar-refractivity contribution >= 4 is 44.1 Å². The number of rotatable bonds is 2. The molecule has 0 bridgehead atoms. The number of aromatic nitrogens is 1. The van der Waals surface area contributed by atoms with Crippen molar-refractivity contribution in [3.63, 3.8) is 0 Å². The number of thiophene rings is 1. The van der Waals surface area contributed by atoms with Crippen LogP contribution < -0.4 is 5.11 Å². The van der Waals surface area contributed by atoms with Gasteiger partial charge >= 0.3 is 0 Å². The molecule has 2 aromatic heterocycles. The predicted molar refractivity (Wildman–Crippen MR) is 77.1 cm³/mol. The van der Waals surface area contributed by atoms with Gasteiger partial charge < -0.3 is 9.90 Å². The molecule has 0 amide bonds. The van der Waals surface area contributed by atoms with Crippen molar-refractivity contribution in [3.05, 3.63) is 51.8 Å². The number of carbonyl (C=O) groups excluding carboxylic acids is 1. The summed E-state index contributed by atoms with van der Waals surface area (Å²) in [5.41, 5.74) is 1.46. The smallest absolute Gasteiger partial charge is 0.0816 e. The summed E-state index contributed by atoms with van der Waals surface area (Å²) in [5, 5.41) is 13.8. The Morgan fingerprint density at radius 1 is 1.26 bits per heavy atom. The van der Waals surface area contributed by atoms with E-state index in [0.29, 0.717) is 16.6 Å². The summed E-state index contributed by atoms with van der Waals surface area (Å²) in [4.78, 5) is 16.7. The fraction of sp³-hybridized carbons (Fsp3) is 0. The van der Waals surface area contributed by atoms with E-state index >= 15 is 0 Å². The van der Waals surface area contributed by atoms with Crippen molar-refractivity contribution in [1.82, 2.24) is 4.98 Å². The minimum Gasteiger partial charge on any atom is -0.545 e. The molecule has 0 fully saturated rings. The third-order valence-corrected chi connectivity index (χ3v) is 4.15. The lowest BCUT2D eigenvalue weighted by atomic mass is 10.1. The van der Waals surface area contributed by atoms with E-state index in [9.17, 15) is 9.90 Å². The van der Waals surface area contributed by atoms with Crippen molar-refractivity contribution in [2.24, 2.45) is 0 Å². The quantitative estimate of drug-likeness (QED) is 0.724. The van der Waals surface area contributed by atoms with Crippen LogP contribution in [0.1, 0.15) is 10.4 Å². The molecule has 0 aliphatic rings. The minimum atomic E-state index is -1.19. The largest absolute Gasteiger partial charge is 0.545 e. The molecule has 1 aromatic carbocycles. The van der Waals surface area contributed by atoms with E-state index in [4.69, 9.17) is 0 Å². The van der Waals surface area contributed by atoms with Gasteiger partial charge in [0.1, 0.15) is 0 Å². The lowest BCUT2D eigenvalue weighted by Gasteiger charge is -2.10. The summed E-state index contributed by atoms with van der Waals surface area (Å²) in [6.45, 7) is 0. The molecule has 0 radical (unpaired) electrons. The summed E-state index contributed by atoms with van der Waals surface area (Å²) >= 11 is 4.86. The molecule has 94 valence electrons. The second kappa shape index (κ2) is 4.75. The zero-order valence-electron chi connectivity index (χ0n) is 9.59. The van der Waals surface area contributed by atoms with E-state index in [0.717, 1.165) is 9.35 Å². The molecule has 3 rings (SSSR count). The van der Waals surface area contributed by atoms with Gasteiger partial charge in [-0.3, -0.25) is 0 Å². The molecule has 0 N–H and O–H groups in total. The van der Waals surface area contributed by atoms with Crippen LogP contribution in [0, 0.1) is 0 Å². The Balaban J connectivity index is 2.34. The maximum absolute atomic E-state index is 11.3. The molecule has 0 saturated carbocycles. The van der Waals surface area contributed by atoms with E-state index in [1.54, 1.807) is 18.2 Å². The highest BCUT2D eigenvalue weighted by Gasteiger charge is 2.09. The fourth-order valence-electron chi connectivity index (χ4n) is 1.92. The summed E-state index contributed by atoms with van der Waals surface area (Å²) in [5.74, 6) is -1.19. The Bertz CT molecular complexity index is 768. The number of pyridine rings is 1. The number of nitrogens with zero attached hydrogens (tertiary/aromatic N) is 1. The first-order chi connectivity index (χ1) is 9.15. The standard InChI is InChI=1S/C14H8BrNO2S/c15-8-3-4-11-9(6-8)10(14(17)18)7-12(16-11)13-2-1-5-19-13/h1-7H,(H,17,18)/p-1. The highest BCUT2D eigenvalue weighted by Crippen LogP contribution is 2.29. The van der Waals surface area contributed by atoms with Crippen molar-refractivity contribution < 1.29 is 9.90 Å². The molecule has 3 nitrogen and oxygen atoms in total. The van der Waals surface area contributed by atoms with Crippen molar-refractivity contribution in [1.29, 1.82) is 0 Å². The number of aromatic carboxylic acids is 1. The molecule has 2 heterocycles. The zero-order valence-corrected chi connectivity index (χ0v) is 12.0. The maximum Gasteiger partial charge on any atom is 0.0816 e. The lowest BCUT2D eigenvalue weighted by Crippen LogP contribution is -2.22. The number of hydrogen-bond donors (Lipinski definition) is 0. The number of carbonyl (C=O) groups is 1. The summed E-state index contributed by atoms with van der Waals surface area (Å²) in [6.07, 6.45) is 0. The number of halogens is 1. The van der Waals surface area contributed by atoms with Gasteiger partial charge in [-0.1, -0.05) is 22.0 Å². The number of carboxylic acid groups (broad SMARTS) is 1. The number of carboxylic acids is 1. The van der Waals surface area contributed by atoms with Gasteiger partial charge in [-0.2, -0.15) is 0 Å². The van der Waals surface area contributed by atoms with Gasteiger partial charge in [-0.15, -0.1) is 11.3 Å². The first kappa shape index (κ1) is 12.3. The highest BCUT2D eigenvalue weighted by atomic mass is 79.9. The molecule has 0 spiro atoms. The molecular weight excluding hydrogens is 326 g/mol. The van der Waals surface area contributed by atoms with Crippen LogP contribution in [-0.4, -0.2) is 11.0 Å². The van der Waals surface area contributed by atoms with Crippen LogP contribution in [0.15, 0.2) is 46.3 Å². The van der Waals surface area contributed by atoms with Gasteiger partial charge in [0, 0.05) is 15.4 Å². The van der Waals surface area contributed by atoms with E-state index < -0.39 is 5.97 Å². The van der Waals surface area contributed by atoms with Gasteiger partial charge in [0.25, 0.3) is 0 Å². The number of fused-ring (bicyclic) bond motifs is 1. The van der Waals surface area contributed by atoms with Crippen LogP contribution in [0.2, 0.25) is 0 Å². The van der Waals surface area contributed by atoms with E-state index in [1.165, 1.54) is 11.3 Å². The molecular formula is C14H7BrNO2S-. The number of hydrogen-bond acceptors (Lipinski definition) is 4. The molecule has 5 heteroatoms. The van der Waals surface area contributed by atoms with E-state index in [-0.39, 0.29) is 5.56 Å². The molecule has 3 aromatic rings. The Kier molecular flexibility index (Phi) is 3.08. The molecule has 0 atom stereocenters. The van der Waals surface area contributed by atoms with Crippen LogP contribution in [0.4, 0.5) is 0 Å². The number of benzene rings is 1. The topological polar surface area (TPSA) is 53.0 Å². The Morgan fingerprint density at radius 3 is 2.79 bits per heavy atom. The van der Waals surface area contributed by atoms with Crippen molar-refractivity contribution in [2.45, 2.75) is 0 Å². The molecule has 0 unspecified atom stereocenters. The van der Waals surface area contributed by atoms with Gasteiger partial charge in [-0.25, -0.2) is 4.98 Å². The van der Waals surface area contributed by atoms with Gasteiger partial charge in [0.2, 0.25) is 0 Å². The summed E-state index contributed by atoms with van der Waals surface area (Å²) in [7, 11) is 0. The summed E-state index contributed by atoms with van der Waals surface area (Å²) in [6, 6.07) is 10.8. The Morgan fingerprint density at radius 2 is 2.11 bits per heavy atom. The van der Waals surface area contributed by atoms with Gasteiger partial charge in [-0.05, 0) is 35.7 Å². The third-order valence-electron chi connectivity index (χ3n) is 2.76. The van der Waals surface area contributed by atoms with Gasteiger partial charge in [0.05, 0.1) is 22.1 Å². The first-order valence-corrected chi connectivity index (χ1v) is 7.18. The van der Waals surface area contributed by atoms with Crippen molar-refractivity contribution in [2.75, 3.05) is 0 Å². The van der Waals surface area contributed by atoms with Crippen LogP contribution in [0.25, 0.3) is 21.5 Å². The lowest BCUT2D eigenvalue weighted by molar-refractivity contribution is -0.254. The van der Waals surface area contributed by atoms with Crippen LogP contribution >= 0.6 is 27.3 Å². The summed E-state index contributed by atoms with van der Waals surface area (Å²) < 4.78 is 0.813. The second-order valence-electron chi connectivity index (χ2n) is 3.98. The average Bonchev–Trinajstić information content (AvgIpc) is 2.91. The van der Waals surface area contributed by atoms with Crippen LogP contribution in [-0.2, 0) is 0 Å². The van der Waals surface area contributed by atoms with Crippen LogP contribution in [0.5, 0.6) is 0 Å². The van der Waals surface area contributed by atoms with E-state index in [2.05, 4.69) is 20.9 Å². The second-order valence-corrected chi connectivity index (χ2v) is 5.84. The van der Waals surface area contributed by atoms with Crippen molar-refractivity contribution in [3.8, 4) is 10.6 Å². The Labute approximate surface area is 121 Å². The fourth-order valence-corrected chi connectivity index (χ4v) is 2.96. The average molecular weight is 333 g/mol. The van der Waals surface area contributed by atoms with Gasteiger partial charge in [0.15, 0.2) is 0 Å². The van der Waals surface area contributed by atoms with Crippen LogP contribution in [0.3, 0.4) is 0 Å². The molecule has 0 saturated heterocycles. The molecule has 0 aliphatic carbocycles. The SMILES string of the molecule is O=C([O-])c1cc(-c2cccs2)nc2ccc(Br)cc12. The highest BCUT2D eigenvalue weighted by molar-refractivity contribution is 9.10. The first-order valence-electron chi connectivity index (χ1n) is 5.50. The third kappa shape index (κ3) is 2.27. The predicted octanol–water partition coefficient (Wildman–Crippen LogP) is 3.09. The minimum absolute atomic E-state index is 0.162. The molecule has 19 heavy (non-hydrogen) atoms. The zero-order chi connectivity index (χ0) is 13.4. The normalized spacial score (nSPS) is 10.8. The van der Waals surface area contributed by atoms with E-state index in [1.807, 2.05) is 23.6 Å². The maximum atomic E-state index is 11.3.